The number of hydrogen-bond acceptors (Lipinski definition) is 6. The predicted molar refractivity (Wildman–Crippen MR) is 153 cm³/mol. The van der Waals surface area contributed by atoms with Gasteiger partial charge in [-0.1, -0.05) is 45.3 Å². The van der Waals surface area contributed by atoms with Gasteiger partial charge in [-0.15, -0.1) is 24.9 Å². The molecule has 7 nitrogen and oxygen atoms in total. The van der Waals surface area contributed by atoms with Crippen molar-refractivity contribution in [3.8, 4) is 0 Å². The Hall–Kier alpha value is -1.80. The van der Waals surface area contributed by atoms with Gasteiger partial charge >= 0.3 is 5.97 Å². The lowest BCUT2D eigenvalue weighted by Gasteiger charge is -2.40. The van der Waals surface area contributed by atoms with E-state index in [4.69, 9.17) is 9.84 Å². The standard InChI is InChI=1S/C30H48N2O5S/c1-5-8-10-15-20-37-29(36)24-23-21-22(4)30(38-23)25(24)27(34)32(18-13-11-12-14-19-33)26(30)28(35)31(16-7-3)17-9-6-2/h5,7,22-26,33H,1,3,6,8-21H2,2,4H3/t22?,23-,24+,25-,26?,30?/m0/s1. The second-order valence-electron chi connectivity index (χ2n) is 11.1. The van der Waals surface area contributed by atoms with Crippen molar-refractivity contribution in [1.82, 2.24) is 9.80 Å². The van der Waals surface area contributed by atoms with Crippen molar-refractivity contribution in [3.63, 3.8) is 0 Å². The number of aliphatic hydroxyl groups excluding tert-OH is 1. The van der Waals surface area contributed by atoms with Gasteiger partial charge in [0.15, 0.2) is 0 Å². The first kappa shape index (κ1) is 30.7. The number of carbonyl (C=O) groups excluding carboxylic acids is 3. The quantitative estimate of drug-likeness (QED) is 0.153. The summed E-state index contributed by atoms with van der Waals surface area (Å²) in [6, 6.07) is -0.579. The van der Waals surface area contributed by atoms with E-state index in [-0.39, 0.29) is 35.6 Å². The van der Waals surface area contributed by atoms with E-state index in [1.54, 1.807) is 17.8 Å². The smallest absolute Gasteiger partial charge is 0.310 e. The van der Waals surface area contributed by atoms with Gasteiger partial charge in [0.1, 0.15) is 6.04 Å². The third-order valence-corrected chi connectivity index (χ3v) is 10.6. The number of allylic oxidation sites excluding steroid dienone is 1. The van der Waals surface area contributed by atoms with Gasteiger partial charge in [0.05, 0.1) is 23.2 Å². The van der Waals surface area contributed by atoms with Crippen LogP contribution in [0.1, 0.15) is 78.1 Å². The number of carbonyl (C=O) groups is 3. The molecule has 3 aliphatic heterocycles. The molecule has 8 heteroatoms. The molecule has 0 saturated carbocycles. The largest absolute Gasteiger partial charge is 0.465 e. The first-order valence-corrected chi connectivity index (χ1v) is 15.5. The molecular formula is C30H48N2O5S. The van der Waals surface area contributed by atoms with E-state index in [9.17, 15) is 14.4 Å². The number of thioether (sulfide) groups is 1. The van der Waals surface area contributed by atoms with Gasteiger partial charge in [0, 0.05) is 31.5 Å². The van der Waals surface area contributed by atoms with Crippen molar-refractivity contribution in [3.05, 3.63) is 25.3 Å². The van der Waals surface area contributed by atoms with Crippen LogP contribution in [0.15, 0.2) is 25.3 Å². The fraction of sp³-hybridized carbons (Fsp3) is 0.767. The number of aliphatic hydroxyl groups is 1. The summed E-state index contributed by atoms with van der Waals surface area (Å²) in [6.07, 6.45) is 12.2. The monoisotopic (exact) mass is 548 g/mol. The number of fused-ring (bicyclic) bond motifs is 1. The number of likely N-dealkylation sites (tertiary alicyclic amines) is 1. The zero-order chi connectivity index (χ0) is 27.7. The van der Waals surface area contributed by atoms with E-state index >= 15 is 0 Å². The summed E-state index contributed by atoms with van der Waals surface area (Å²) < 4.78 is 5.11. The van der Waals surface area contributed by atoms with E-state index in [2.05, 4.69) is 27.0 Å². The summed E-state index contributed by atoms with van der Waals surface area (Å²) in [7, 11) is 0. The van der Waals surface area contributed by atoms with Gasteiger partial charge in [-0.05, 0) is 50.9 Å². The van der Waals surface area contributed by atoms with Crippen LogP contribution in [0.4, 0.5) is 0 Å². The van der Waals surface area contributed by atoms with Crippen molar-refractivity contribution in [2.75, 3.05) is 32.8 Å². The summed E-state index contributed by atoms with van der Waals surface area (Å²) >= 11 is 1.71. The number of amides is 2. The molecule has 214 valence electrons. The van der Waals surface area contributed by atoms with Gasteiger partial charge in [-0.3, -0.25) is 14.4 Å². The molecule has 0 radical (unpaired) electrons. The topological polar surface area (TPSA) is 87.2 Å². The molecule has 2 bridgehead atoms. The van der Waals surface area contributed by atoms with E-state index in [0.717, 1.165) is 64.2 Å². The third-order valence-electron chi connectivity index (χ3n) is 8.55. The van der Waals surface area contributed by atoms with Gasteiger partial charge in [-0.25, -0.2) is 0 Å². The maximum Gasteiger partial charge on any atom is 0.310 e. The van der Waals surface area contributed by atoms with Crippen molar-refractivity contribution >= 4 is 29.5 Å². The molecule has 3 fully saturated rings. The molecule has 3 heterocycles. The summed E-state index contributed by atoms with van der Waals surface area (Å²) in [5, 5.41) is 9.14. The van der Waals surface area contributed by atoms with E-state index in [1.165, 1.54) is 0 Å². The number of ether oxygens (including phenoxy) is 1. The second kappa shape index (κ2) is 14.5. The highest BCUT2D eigenvalue weighted by Crippen LogP contribution is 2.68. The van der Waals surface area contributed by atoms with Crippen molar-refractivity contribution in [1.29, 1.82) is 0 Å². The molecule has 3 saturated heterocycles. The summed E-state index contributed by atoms with van der Waals surface area (Å²) in [6.45, 7) is 14.0. The van der Waals surface area contributed by atoms with Crippen LogP contribution >= 0.6 is 11.8 Å². The van der Waals surface area contributed by atoms with Crippen LogP contribution in [-0.2, 0) is 19.1 Å². The first-order valence-electron chi connectivity index (χ1n) is 14.6. The van der Waals surface area contributed by atoms with Gasteiger partial charge < -0.3 is 19.6 Å². The summed E-state index contributed by atoms with van der Waals surface area (Å²) in [5.41, 5.74) is 0. The zero-order valence-corrected chi connectivity index (χ0v) is 24.3. The van der Waals surface area contributed by atoms with Crippen LogP contribution in [0, 0.1) is 17.8 Å². The fourth-order valence-corrected chi connectivity index (χ4v) is 9.09. The van der Waals surface area contributed by atoms with E-state index < -0.39 is 22.6 Å². The Morgan fingerprint density at radius 2 is 1.92 bits per heavy atom. The lowest BCUT2D eigenvalue weighted by molar-refractivity contribution is -0.154. The predicted octanol–water partition coefficient (Wildman–Crippen LogP) is 4.59. The average Bonchev–Trinajstić information content (AvgIpc) is 3.49. The Kier molecular flexibility index (Phi) is 11.8. The SMILES string of the molecule is C=CCCCCOC(=O)[C@@H]1[C@@H]2CC(C)C3(S2)C(C(=O)N(CC=C)CCCC)N(CCCCCCO)C(=O)[C@H]13. The van der Waals surface area contributed by atoms with E-state index in [0.29, 0.717) is 26.2 Å². The molecule has 0 aromatic rings. The van der Waals surface area contributed by atoms with Crippen molar-refractivity contribution < 1.29 is 24.2 Å². The summed E-state index contributed by atoms with van der Waals surface area (Å²) in [5.74, 6) is -1.23. The van der Waals surface area contributed by atoms with Gasteiger partial charge in [0.25, 0.3) is 0 Å². The Morgan fingerprint density at radius 1 is 1.16 bits per heavy atom. The molecule has 1 spiro atoms. The summed E-state index contributed by atoms with van der Waals surface area (Å²) in [4.78, 5) is 45.5. The highest BCUT2D eigenvalue weighted by atomic mass is 32.2. The number of rotatable bonds is 18. The first-order chi connectivity index (χ1) is 18.4. The minimum Gasteiger partial charge on any atom is -0.465 e. The normalized spacial score (nSPS) is 29.4. The number of nitrogens with zero attached hydrogens (tertiary/aromatic N) is 2. The molecule has 0 aromatic heterocycles. The number of esters is 1. The van der Waals surface area contributed by atoms with E-state index in [1.807, 2.05) is 15.9 Å². The molecule has 38 heavy (non-hydrogen) atoms. The Bertz CT molecular complexity index is 850. The Morgan fingerprint density at radius 3 is 2.61 bits per heavy atom. The maximum atomic E-state index is 14.3. The molecule has 3 rings (SSSR count). The molecule has 3 unspecified atom stereocenters. The van der Waals surface area contributed by atoms with Gasteiger partial charge in [-0.2, -0.15) is 0 Å². The van der Waals surface area contributed by atoms with Gasteiger partial charge in [0.2, 0.25) is 11.8 Å². The number of unbranched alkanes of at least 4 members (excludes halogenated alkanes) is 6. The third kappa shape index (κ3) is 6.16. The highest BCUT2D eigenvalue weighted by molar-refractivity contribution is 8.02. The highest BCUT2D eigenvalue weighted by Gasteiger charge is 2.76. The molecule has 0 aliphatic carbocycles. The minimum atomic E-state index is -0.609. The van der Waals surface area contributed by atoms with Crippen molar-refractivity contribution in [2.24, 2.45) is 17.8 Å². The van der Waals surface area contributed by atoms with Crippen LogP contribution in [0.3, 0.4) is 0 Å². The molecule has 1 N–H and O–H groups in total. The van der Waals surface area contributed by atoms with Crippen molar-refractivity contribution in [2.45, 2.75) is 94.1 Å². The zero-order valence-electron chi connectivity index (χ0n) is 23.4. The minimum absolute atomic E-state index is 0.00475. The molecule has 3 aliphatic rings. The Labute approximate surface area is 233 Å². The average molecular weight is 549 g/mol. The lowest BCUT2D eigenvalue weighted by atomic mass is 9.66. The number of hydrogen-bond donors (Lipinski definition) is 1. The van der Waals surface area contributed by atoms with Crippen LogP contribution in [0.25, 0.3) is 0 Å². The van der Waals surface area contributed by atoms with Crippen LogP contribution in [-0.4, -0.2) is 81.6 Å². The lowest BCUT2D eigenvalue weighted by Crippen LogP contribution is -2.57. The molecule has 0 aromatic carbocycles. The van der Waals surface area contributed by atoms with Crippen LogP contribution in [0.2, 0.25) is 0 Å². The van der Waals surface area contributed by atoms with Crippen LogP contribution in [0.5, 0.6) is 0 Å². The fourth-order valence-electron chi connectivity index (χ4n) is 6.68. The molecule has 6 atom stereocenters. The van der Waals surface area contributed by atoms with Crippen LogP contribution < -0.4 is 0 Å². The molecule has 2 amide bonds. The second-order valence-corrected chi connectivity index (χ2v) is 12.6. The Balaban J connectivity index is 1.88. The molecular weight excluding hydrogens is 500 g/mol. The maximum absolute atomic E-state index is 14.3.